The Kier molecular flexibility index (Phi) is 4.27. The van der Waals surface area contributed by atoms with E-state index in [0.717, 1.165) is 30.9 Å². The average molecular weight is 312 g/mol. The van der Waals surface area contributed by atoms with Crippen LogP contribution in [0.15, 0.2) is 30.7 Å². The van der Waals surface area contributed by atoms with E-state index >= 15 is 0 Å². The molecule has 0 radical (unpaired) electrons. The summed E-state index contributed by atoms with van der Waals surface area (Å²) in [7, 11) is 0. The van der Waals surface area contributed by atoms with Crippen molar-refractivity contribution in [3.63, 3.8) is 0 Å². The number of H-pyrrole nitrogens is 1. The van der Waals surface area contributed by atoms with Crippen molar-refractivity contribution in [3.05, 3.63) is 52.0 Å². The standard InChI is InChI=1S/C14H15Cl2N3O/c15-12-2-1-10(5-13(12)16)14-8-19(3-4-20-14)7-11-6-17-9-18-11/h1-2,5-6,9,14H,3-4,7-8H2,(H,17,18). The van der Waals surface area contributed by atoms with Crippen LogP contribution in [0.4, 0.5) is 0 Å². The first-order valence-corrected chi connectivity index (χ1v) is 7.24. The minimum absolute atomic E-state index is 0.0291. The third-order valence-electron chi connectivity index (χ3n) is 3.41. The number of nitrogens with zero attached hydrogens (tertiary/aromatic N) is 2. The van der Waals surface area contributed by atoms with Crippen LogP contribution in [0, 0.1) is 0 Å². The zero-order valence-electron chi connectivity index (χ0n) is 10.9. The molecule has 1 aliphatic heterocycles. The molecule has 1 atom stereocenters. The number of nitrogens with one attached hydrogen (secondary N) is 1. The second-order valence-corrected chi connectivity index (χ2v) is 5.66. The summed E-state index contributed by atoms with van der Waals surface area (Å²) < 4.78 is 5.84. The highest BCUT2D eigenvalue weighted by Crippen LogP contribution is 2.29. The van der Waals surface area contributed by atoms with E-state index in [2.05, 4.69) is 14.9 Å². The second-order valence-electron chi connectivity index (χ2n) is 4.84. The van der Waals surface area contributed by atoms with E-state index in [9.17, 15) is 0 Å². The molecule has 3 rings (SSSR count). The number of benzene rings is 1. The second kappa shape index (κ2) is 6.14. The van der Waals surface area contributed by atoms with Crippen molar-refractivity contribution in [3.8, 4) is 0 Å². The predicted molar refractivity (Wildman–Crippen MR) is 79.0 cm³/mol. The van der Waals surface area contributed by atoms with Crippen LogP contribution in [0.2, 0.25) is 10.0 Å². The number of aromatic amines is 1. The van der Waals surface area contributed by atoms with E-state index in [1.165, 1.54) is 0 Å². The van der Waals surface area contributed by atoms with Crippen molar-refractivity contribution in [2.75, 3.05) is 19.7 Å². The molecule has 1 fully saturated rings. The number of rotatable bonds is 3. The Hall–Kier alpha value is -1.07. The molecule has 0 saturated carbocycles. The topological polar surface area (TPSA) is 41.2 Å². The van der Waals surface area contributed by atoms with Crippen molar-refractivity contribution in [2.24, 2.45) is 0 Å². The van der Waals surface area contributed by atoms with Crippen LogP contribution in [0.5, 0.6) is 0 Å². The van der Waals surface area contributed by atoms with Crippen LogP contribution >= 0.6 is 23.2 Å². The maximum absolute atomic E-state index is 6.07. The van der Waals surface area contributed by atoms with Gasteiger partial charge in [0.2, 0.25) is 0 Å². The van der Waals surface area contributed by atoms with Crippen LogP contribution in [0.3, 0.4) is 0 Å². The molecule has 1 N–H and O–H groups in total. The van der Waals surface area contributed by atoms with E-state index in [-0.39, 0.29) is 6.10 Å². The highest BCUT2D eigenvalue weighted by molar-refractivity contribution is 6.42. The summed E-state index contributed by atoms with van der Waals surface area (Å²) in [4.78, 5) is 9.50. The lowest BCUT2D eigenvalue weighted by molar-refractivity contribution is -0.0332. The molecule has 0 spiro atoms. The highest BCUT2D eigenvalue weighted by atomic mass is 35.5. The van der Waals surface area contributed by atoms with Gasteiger partial charge in [-0.1, -0.05) is 29.3 Å². The Balaban J connectivity index is 1.69. The fourth-order valence-electron chi connectivity index (χ4n) is 2.37. The number of ether oxygens (including phenoxy) is 1. The average Bonchev–Trinajstić information content (AvgIpc) is 2.95. The Morgan fingerprint density at radius 2 is 2.25 bits per heavy atom. The van der Waals surface area contributed by atoms with Gasteiger partial charge in [0.25, 0.3) is 0 Å². The molecule has 20 heavy (non-hydrogen) atoms. The first-order chi connectivity index (χ1) is 9.72. The molecule has 1 aromatic heterocycles. The van der Waals surface area contributed by atoms with E-state index < -0.39 is 0 Å². The summed E-state index contributed by atoms with van der Waals surface area (Å²) in [5.41, 5.74) is 2.17. The summed E-state index contributed by atoms with van der Waals surface area (Å²) in [6.07, 6.45) is 3.58. The molecule has 1 aliphatic rings. The molecule has 1 saturated heterocycles. The number of hydrogen-bond acceptors (Lipinski definition) is 3. The number of hydrogen-bond donors (Lipinski definition) is 1. The maximum atomic E-state index is 6.07. The van der Waals surface area contributed by atoms with Crippen molar-refractivity contribution < 1.29 is 4.74 Å². The van der Waals surface area contributed by atoms with Gasteiger partial charge >= 0.3 is 0 Å². The van der Waals surface area contributed by atoms with Gasteiger partial charge in [0, 0.05) is 31.5 Å². The SMILES string of the molecule is Clc1ccc(C2CN(Cc3cnc[nH]3)CCO2)cc1Cl. The highest BCUT2D eigenvalue weighted by Gasteiger charge is 2.22. The normalized spacial score (nSPS) is 20.2. The quantitative estimate of drug-likeness (QED) is 0.945. The number of morpholine rings is 1. The number of imidazole rings is 1. The number of aromatic nitrogens is 2. The molecule has 1 aromatic carbocycles. The maximum Gasteiger partial charge on any atom is 0.0953 e. The fourth-order valence-corrected chi connectivity index (χ4v) is 2.68. The van der Waals surface area contributed by atoms with Gasteiger partial charge in [-0.2, -0.15) is 0 Å². The molecular weight excluding hydrogens is 297 g/mol. The minimum atomic E-state index is 0.0291. The molecule has 2 aromatic rings. The molecule has 1 unspecified atom stereocenters. The van der Waals surface area contributed by atoms with Crippen LogP contribution in [-0.2, 0) is 11.3 Å². The van der Waals surface area contributed by atoms with E-state index in [1.54, 1.807) is 6.33 Å². The predicted octanol–water partition coefficient (Wildman–Crippen LogP) is 3.29. The minimum Gasteiger partial charge on any atom is -0.371 e. The largest absolute Gasteiger partial charge is 0.371 e. The summed E-state index contributed by atoms with van der Waals surface area (Å²) in [6.45, 7) is 3.30. The molecule has 0 amide bonds. The van der Waals surface area contributed by atoms with Crippen molar-refractivity contribution in [1.82, 2.24) is 14.9 Å². The van der Waals surface area contributed by atoms with Crippen molar-refractivity contribution >= 4 is 23.2 Å². The smallest absolute Gasteiger partial charge is 0.0953 e. The van der Waals surface area contributed by atoms with Crippen LogP contribution in [0.25, 0.3) is 0 Å². The van der Waals surface area contributed by atoms with E-state index in [1.807, 2.05) is 24.4 Å². The van der Waals surface area contributed by atoms with Crippen LogP contribution < -0.4 is 0 Å². The van der Waals surface area contributed by atoms with Gasteiger partial charge in [0.05, 0.1) is 29.1 Å². The Morgan fingerprint density at radius 3 is 3.00 bits per heavy atom. The molecule has 4 nitrogen and oxygen atoms in total. The van der Waals surface area contributed by atoms with Gasteiger partial charge in [0.1, 0.15) is 0 Å². The molecule has 2 heterocycles. The summed E-state index contributed by atoms with van der Waals surface area (Å²) >= 11 is 12.0. The molecule has 106 valence electrons. The molecule has 6 heteroatoms. The van der Waals surface area contributed by atoms with Crippen LogP contribution in [0.1, 0.15) is 17.4 Å². The number of halogens is 2. The third kappa shape index (κ3) is 3.15. The Morgan fingerprint density at radius 1 is 1.35 bits per heavy atom. The van der Waals surface area contributed by atoms with Crippen molar-refractivity contribution in [2.45, 2.75) is 12.6 Å². The summed E-state index contributed by atoms with van der Waals surface area (Å²) in [5.74, 6) is 0. The van der Waals surface area contributed by atoms with Gasteiger partial charge in [0.15, 0.2) is 0 Å². The van der Waals surface area contributed by atoms with Crippen molar-refractivity contribution in [1.29, 1.82) is 0 Å². The first kappa shape index (κ1) is 13.9. The summed E-state index contributed by atoms with van der Waals surface area (Å²) in [5, 5.41) is 1.14. The molecular formula is C14H15Cl2N3O. The van der Waals surface area contributed by atoms with E-state index in [4.69, 9.17) is 27.9 Å². The first-order valence-electron chi connectivity index (χ1n) is 6.48. The zero-order chi connectivity index (χ0) is 13.9. The lowest BCUT2D eigenvalue weighted by atomic mass is 10.1. The lowest BCUT2D eigenvalue weighted by Crippen LogP contribution is -2.37. The lowest BCUT2D eigenvalue weighted by Gasteiger charge is -2.32. The summed E-state index contributed by atoms with van der Waals surface area (Å²) in [6, 6.07) is 5.67. The fraction of sp³-hybridized carbons (Fsp3) is 0.357. The Bertz CT molecular complexity index is 574. The van der Waals surface area contributed by atoms with Gasteiger partial charge in [-0.05, 0) is 17.7 Å². The van der Waals surface area contributed by atoms with Gasteiger partial charge in [-0.3, -0.25) is 4.90 Å². The Labute approximate surface area is 127 Å². The van der Waals surface area contributed by atoms with E-state index in [0.29, 0.717) is 16.7 Å². The van der Waals surface area contributed by atoms with Gasteiger partial charge in [-0.15, -0.1) is 0 Å². The third-order valence-corrected chi connectivity index (χ3v) is 4.15. The zero-order valence-corrected chi connectivity index (χ0v) is 12.4. The van der Waals surface area contributed by atoms with Crippen LogP contribution in [-0.4, -0.2) is 34.6 Å². The monoisotopic (exact) mass is 311 g/mol. The van der Waals surface area contributed by atoms with Gasteiger partial charge < -0.3 is 9.72 Å². The van der Waals surface area contributed by atoms with Gasteiger partial charge in [-0.25, -0.2) is 4.98 Å². The molecule has 0 bridgehead atoms. The molecule has 0 aliphatic carbocycles.